The number of fused-ring (bicyclic) bond motifs is 1. The third-order valence-electron chi connectivity index (χ3n) is 7.11. The summed E-state index contributed by atoms with van der Waals surface area (Å²) in [6, 6.07) is 16.0. The largest absolute Gasteiger partial charge is 0.323 e. The van der Waals surface area contributed by atoms with Crippen molar-refractivity contribution in [2.24, 2.45) is 5.92 Å². The maximum atomic E-state index is 12.9. The molecule has 33 heavy (non-hydrogen) atoms. The first kappa shape index (κ1) is 21.5. The molecular formula is C26H29N5O2. The van der Waals surface area contributed by atoms with Gasteiger partial charge in [0.05, 0.1) is 11.0 Å². The molecule has 7 nitrogen and oxygen atoms in total. The molecule has 0 bridgehead atoms. The molecule has 2 aliphatic heterocycles. The van der Waals surface area contributed by atoms with Crippen molar-refractivity contribution in [3.8, 4) is 0 Å². The quantitative estimate of drug-likeness (QED) is 0.546. The number of carbonyl (C=O) groups excluding carboxylic acids is 2. The standard InChI is InChI=1S/C26H29N5O2/c32-24-26(30-25(33)29-24,13-5-8-19-6-2-1-3-7-19)21-11-16-31(17-12-21)18-20-9-4-10-22-23(20)28-15-14-27-22/h1-4,6-7,9-10,14-15,21H,5,8,11-13,16-18H2,(H2,29,30,32,33). The van der Waals surface area contributed by atoms with Crippen LogP contribution in [0.25, 0.3) is 11.0 Å². The number of nitrogens with one attached hydrogen (secondary N) is 2. The zero-order valence-corrected chi connectivity index (χ0v) is 18.7. The van der Waals surface area contributed by atoms with Crippen molar-refractivity contribution in [1.29, 1.82) is 0 Å². The number of hydrogen-bond acceptors (Lipinski definition) is 5. The zero-order valence-electron chi connectivity index (χ0n) is 18.7. The smallest absolute Gasteiger partial charge is 0.322 e. The lowest BCUT2D eigenvalue weighted by molar-refractivity contribution is -0.127. The Bertz CT molecular complexity index is 1140. The Morgan fingerprint density at radius 1 is 0.970 bits per heavy atom. The van der Waals surface area contributed by atoms with E-state index in [-0.39, 0.29) is 17.9 Å². The monoisotopic (exact) mass is 443 g/mol. The van der Waals surface area contributed by atoms with Gasteiger partial charge in [0.25, 0.3) is 5.91 Å². The van der Waals surface area contributed by atoms with Gasteiger partial charge in [0.1, 0.15) is 5.54 Å². The number of aromatic nitrogens is 2. The van der Waals surface area contributed by atoms with Gasteiger partial charge in [0.2, 0.25) is 0 Å². The van der Waals surface area contributed by atoms with Crippen LogP contribution in [-0.2, 0) is 17.8 Å². The van der Waals surface area contributed by atoms with Crippen LogP contribution in [0.1, 0.15) is 36.8 Å². The van der Waals surface area contributed by atoms with Crippen molar-refractivity contribution in [1.82, 2.24) is 25.5 Å². The molecule has 2 N–H and O–H groups in total. The summed E-state index contributed by atoms with van der Waals surface area (Å²) in [5.41, 5.74) is 3.48. The predicted octanol–water partition coefficient (Wildman–Crippen LogP) is 3.44. The highest BCUT2D eigenvalue weighted by atomic mass is 16.2. The van der Waals surface area contributed by atoms with Crippen LogP contribution in [0.2, 0.25) is 0 Å². The van der Waals surface area contributed by atoms with Crippen LogP contribution in [-0.4, -0.2) is 45.4 Å². The van der Waals surface area contributed by atoms with E-state index in [1.165, 1.54) is 11.1 Å². The van der Waals surface area contributed by atoms with Crippen LogP contribution >= 0.6 is 0 Å². The number of imide groups is 1. The van der Waals surface area contributed by atoms with Crippen molar-refractivity contribution >= 4 is 23.0 Å². The summed E-state index contributed by atoms with van der Waals surface area (Å²) in [6.07, 6.45) is 7.60. The van der Waals surface area contributed by atoms with Crippen molar-refractivity contribution < 1.29 is 9.59 Å². The van der Waals surface area contributed by atoms with E-state index in [1.807, 2.05) is 30.3 Å². The van der Waals surface area contributed by atoms with E-state index < -0.39 is 5.54 Å². The van der Waals surface area contributed by atoms with E-state index in [1.54, 1.807) is 12.4 Å². The molecule has 2 fully saturated rings. The number of benzene rings is 2. The molecule has 3 heterocycles. The average molecular weight is 444 g/mol. The molecule has 0 aliphatic carbocycles. The lowest BCUT2D eigenvalue weighted by Gasteiger charge is -2.40. The van der Waals surface area contributed by atoms with Crippen LogP contribution in [0.4, 0.5) is 4.79 Å². The maximum Gasteiger partial charge on any atom is 0.322 e. The molecule has 0 saturated carbocycles. The minimum absolute atomic E-state index is 0.128. The number of amides is 3. The van der Waals surface area contributed by atoms with E-state index in [0.29, 0.717) is 6.42 Å². The lowest BCUT2D eigenvalue weighted by Crippen LogP contribution is -2.56. The number of para-hydroxylation sites is 1. The van der Waals surface area contributed by atoms with Crippen LogP contribution in [0.3, 0.4) is 0 Å². The van der Waals surface area contributed by atoms with Crippen LogP contribution in [0.5, 0.6) is 0 Å². The summed E-state index contributed by atoms with van der Waals surface area (Å²) in [4.78, 5) is 36.4. The second-order valence-corrected chi connectivity index (χ2v) is 9.11. The third-order valence-corrected chi connectivity index (χ3v) is 7.11. The van der Waals surface area contributed by atoms with Gasteiger partial charge in [-0.25, -0.2) is 4.79 Å². The first-order chi connectivity index (χ1) is 16.1. The lowest BCUT2D eigenvalue weighted by atomic mass is 9.74. The van der Waals surface area contributed by atoms with Gasteiger partial charge in [-0.05, 0) is 68.3 Å². The SMILES string of the molecule is O=C1NC(=O)C(CCCc2ccccc2)(C2CCN(Cc3cccc4nccnc34)CC2)N1. The maximum absolute atomic E-state index is 12.9. The minimum atomic E-state index is -0.803. The number of hydrogen-bond donors (Lipinski definition) is 2. The predicted molar refractivity (Wildman–Crippen MR) is 126 cm³/mol. The first-order valence-electron chi connectivity index (χ1n) is 11.7. The number of nitrogens with zero attached hydrogens (tertiary/aromatic N) is 3. The number of likely N-dealkylation sites (tertiary alicyclic amines) is 1. The average Bonchev–Trinajstić information content (AvgIpc) is 3.14. The molecule has 0 spiro atoms. The highest BCUT2D eigenvalue weighted by molar-refractivity contribution is 6.07. The van der Waals surface area contributed by atoms with E-state index >= 15 is 0 Å². The number of rotatable bonds is 7. The Balaban J connectivity index is 1.25. The molecule has 2 saturated heterocycles. The van der Waals surface area contributed by atoms with Crippen molar-refractivity contribution in [3.05, 3.63) is 72.1 Å². The molecule has 5 rings (SSSR count). The summed E-state index contributed by atoms with van der Waals surface area (Å²) in [6.45, 7) is 2.57. The van der Waals surface area contributed by atoms with Crippen molar-refractivity contribution in [3.63, 3.8) is 0 Å². The topological polar surface area (TPSA) is 87.2 Å². The molecule has 1 aromatic heterocycles. The Labute approximate surface area is 193 Å². The number of piperidine rings is 1. The van der Waals surface area contributed by atoms with E-state index in [2.05, 4.69) is 43.7 Å². The Morgan fingerprint density at radius 2 is 1.76 bits per heavy atom. The highest BCUT2D eigenvalue weighted by Gasteiger charge is 2.51. The van der Waals surface area contributed by atoms with Gasteiger partial charge in [0, 0.05) is 18.9 Å². The third kappa shape index (κ3) is 4.46. The van der Waals surface area contributed by atoms with Crippen molar-refractivity contribution in [2.75, 3.05) is 13.1 Å². The van der Waals surface area contributed by atoms with E-state index in [4.69, 9.17) is 0 Å². The van der Waals surface area contributed by atoms with Crippen molar-refractivity contribution in [2.45, 2.75) is 44.2 Å². The molecule has 2 aliphatic rings. The number of urea groups is 1. The van der Waals surface area contributed by atoms with E-state index in [0.717, 1.165) is 56.4 Å². The summed E-state index contributed by atoms with van der Waals surface area (Å²) in [7, 11) is 0. The van der Waals surface area contributed by atoms with Crippen LogP contribution < -0.4 is 10.6 Å². The summed E-state index contributed by atoms with van der Waals surface area (Å²) >= 11 is 0. The first-order valence-corrected chi connectivity index (χ1v) is 11.7. The molecule has 7 heteroatoms. The van der Waals surface area contributed by atoms with Gasteiger partial charge in [0.15, 0.2) is 0 Å². The van der Waals surface area contributed by atoms with Gasteiger partial charge in [-0.15, -0.1) is 0 Å². The van der Waals surface area contributed by atoms with Gasteiger partial charge in [-0.3, -0.25) is 25.0 Å². The van der Waals surface area contributed by atoms with E-state index in [9.17, 15) is 9.59 Å². The molecule has 1 atom stereocenters. The summed E-state index contributed by atoms with van der Waals surface area (Å²) < 4.78 is 0. The molecular weight excluding hydrogens is 414 g/mol. The van der Waals surface area contributed by atoms with Gasteiger partial charge < -0.3 is 5.32 Å². The fourth-order valence-electron chi connectivity index (χ4n) is 5.39. The second kappa shape index (κ2) is 9.27. The molecule has 2 aromatic carbocycles. The fraction of sp³-hybridized carbons (Fsp3) is 0.385. The minimum Gasteiger partial charge on any atom is -0.323 e. The highest BCUT2D eigenvalue weighted by Crippen LogP contribution is 2.35. The second-order valence-electron chi connectivity index (χ2n) is 9.11. The molecule has 170 valence electrons. The van der Waals surface area contributed by atoms with Crippen LogP contribution in [0.15, 0.2) is 60.9 Å². The summed E-state index contributed by atoms with van der Waals surface area (Å²) in [5, 5.41) is 5.53. The molecule has 0 radical (unpaired) electrons. The fourth-order valence-corrected chi connectivity index (χ4v) is 5.39. The Kier molecular flexibility index (Phi) is 6.05. The normalized spacial score (nSPS) is 21.8. The van der Waals surface area contributed by atoms with Gasteiger partial charge >= 0.3 is 6.03 Å². The molecule has 3 aromatic rings. The molecule has 3 amide bonds. The number of carbonyl (C=O) groups is 2. The Morgan fingerprint density at radius 3 is 2.52 bits per heavy atom. The number of aryl methyl sites for hydroxylation is 1. The Hall–Kier alpha value is -3.32. The van der Waals surface area contributed by atoms with Crippen LogP contribution in [0, 0.1) is 5.92 Å². The van der Waals surface area contributed by atoms with Gasteiger partial charge in [-0.2, -0.15) is 0 Å². The molecule has 1 unspecified atom stereocenters. The zero-order chi connectivity index (χ0) is 22.7. The van der Waals surface area contributed by atoms with Gasteiger partial charge in [-0.1, -0.05) is 42.5 Å². The summed E-state index contributed by atoms with van der Waals surface area (Å²) in [5.74, 6) is -0.0355.